The van der Waals surface area contributed by atoms with Gasteiger partial charge in [0, 0.05) is 18.5 Å². The van der Waals surface area contributed by atoms with E-state index in [0.717, 1.165) is 5.56 Å². The summed E-state index contributed by atoms with van der Waals surface area (Å²) in [7, 11) is -3.93. The van der Waals surface area contributed by atoms with Crippen molar-refractivity contribution in [2.45, 2.75) is 76.1 Å². The van der Waals surface area contributed by atoms with Gasteiger partial charge in [-0.3, -0.25) is 4.79 Å². The lowest BCUT2D eigenvalue weighted by molar-refractivity contribution is -0.133. The molecule has 0 aromatic heterocycles. The van der Waals surface area contributed by atoms with Crippen molar-refractivity contribution in [3.05, 3.63) is 41.5 Å². The number of nitrogens with one attached hydrogen (secondary N) is 2. The van der Waals surface area contributed by atoms with E-state index < -0.39 is 34.2 Å². The van der Waals surface area contributed by atoms with Gasteiger partial charge in [0.05, 0.1) is 23.1 Å². The van der Waals surface area contributed by atoms with Crippen LogP contribution in [0.4, 0.5) is 0 Å². The van der Waals surface area contributed by atoms with Crippen LogP contribution in [0.15, 0.2) is 40.8 Å². The number of aryl methyl sites for hydroxylation is 1. The van der Waals surface area contributed by atoms with E-state index in [2.05, 4.69) is 10.0 Å². The summed E-state index contributed by atoms with van der Waals surface area (Å²) in [5, 5.41) is 12.3. The van der Waals surface area contributed by atoms with Crippen LogP contribution in [0.25, 0.3) is 0 Å². The molecule has 1 aliphatic rings. The fourth-order valence-electron chi connectivity index (χ4n) is 3.47. The molecule has 1 aromatic carbocycles. The molecule has 1 amide bonds. The summed E-state index contributed by atoms with van der Waals surface area (Å²) in [5.41, 5.74) is 0.960. The van der Waals surface area contributed by atoms with Crippen molar-refractivity contribution in [1.82, 2.24) is 10.0 Å². The summed E-state index contributed by atoms with van der Waals surface area (Å²) in [6.07, 6.45) is 1.88. The third kappa shape index (κ3) is 6.13. The van der Waals surface area contributed by atoms with Gasteiger partial charge in [-0.1, -0.05) is 31.5 Å². The van der Waals surface area contributed by atoms with Crippen LogP contribution in [0.5, 0.6) is 0 Å². The van der Waals surface area contributed by atoms with E-state index >= 15 is 0 Å². The zero-order chi connectivity index (χ0) is 22.5. The maximum Gasteiger partial charge on any atom is 0.331 e. The van der Waals surface area contributed by atoms with Crippen molar-refractivity contribution in [3.8, 4) is 0 Å². The van der Waals surface area contributed by atoms with Crippen LogP contribution in [0.1, 0.15) is 45.6 Å². The van der Waals surface area contributed by atoms with E-state index in [-0.39, 0.29) is 28.9 Å². The first-order chi connectivity index (χ1) is 14.1. The first-order valence-corrected chi connectivity index (χ1v) is 11.5. The van der Waals surface area contributed by atoms with E-state index in [1.165, 1.54) is 25.1 Å². The average Bonchev–Trinajstić information content (AvgIpc) is 2.67. The quantitative estimate of drug-likeness (QED) is 0.543. The highest BCUT2D eigenvalue weighted by atomic mass is 32.2. The van der Waals surface area contributed by atoms with Crippen molar-refractivity contribution < 1.29 is 27.9 Å². The van der Waals surface area contributed by atoms with Crippen LogP contribution in [0.2, 0.25) is 0 Å². The minimum absolute atomic E-state index is 0.0455. The van der Waals surface area contributed by atoms with Crippen molar-refractivity contribution >= 4 is 21.9 Å². The summed E-state index contributed by atoms with van der Waals surface area (Å²) in [5.74, 6) is -1.50. The zero-order valence-corrected chi connectivity index (χ0v) is 18.5. The molecule has 8 nitrogen and oxygen atoms in total. The summed E-state index contributed by atoms with van der Waals surface area (Å²) in [6.45, 7) is 7.07. The molecule has 0 unspecified atom stereocenters. The molecule has 2 rings (SSSR count). The lowest BCUT2D eigenvalue weighted by Crippen LogP contribution is -2.59. The Kier molecular flexibility index (Phi) is 8.17. The van der Waals surface area contributed by atoms with E-state index in [9.17, 15) is 23.1 Å². The standard InChI is InChI=1S/C21H30N2O6S/c1-5-16(6-2)29-19-12-15(21(25)26)11-18(20(19)22-14(4)24)23-30(27,28)17-9-7-13(3)8-10-17/h7-10,12,16,18-20,23H,5-6,11H2,1-4H3,(H,22,24)(H,25,26)/t18-,19+,20+/m0/s1. The second-order valence-electron chi connectivity index (χ2n) is 7.51. The van der Waals surface area contributed by atoms with Gasteiger partial charge in [0.15, 0.2) is 0 Å². The average molecular weight is 439 g/mol. The number of carbonyl (C=O) groups excluding carboxylic acids is 1. The van der Waals surface area contributed by atoms with E-state index in [0.29, 0.717) is 12.8 Å². The lowest BCUT2D eigenvalue weighted by atomic mass is 9.88. The monoisotopic (exact) mass is 438 g/mol. The Hall–Kier alpha value is -2.23. The third-order valence-corrected chi connectivity index (χ3v) is 6.64. The van der Waals surface area contributed by atoms with Gasteiger partial charge >= 0.3 is 5.97 Å². The predicted octanol–water partition coefficient (Wildman–Crippen LogP) is 2.14. The Morgan fingerprint density at radius 3 is 2.30 bits per heavy atom. The minimum Gasteiger partial charge on any atom is -0.478 e. The molecule has 3 N–H and O–H groups in total. The van der Waals surface area contributed by atoms with Crippen LogP contribution < -0.4 is 10.0 Å². The molecule has 9 heteroatoms. The smallest absolute Gasteiger partial charge is 0.331 e. The number of sulfonamides is 1. The van der Waals surface area contributed by atoms with Crippen LogP contribution in [-0.2, 0) is 24.3 Å². The zero-order valence-electron chi connectivity index (χ0n) is 17.7. The highest BCUT2D eigenvalue weighted by molar-refractivity contribution is 7.89. The molecule has 0 spiro atoms. The summed E-state index contributed by atoms with van der Waals surface area (Å²) < 4.78 is 34.5. The van der Waals surface area contributed by atoms with Gasteiger partial charge in [0.1, 0.15) is 0 Å². The van der Waals surface area contributed by atoms with Crippen LogP contribution in [0, 0.1) is 6.92 Å². The molecular formula is C21H30N2O6S. The third-order valence-electron chi connectivity index (χ3n) is 5.14. The maximum absolute atomic E-state index is 12.9. The van der Waals surface area contributed by atoms with Crippen LogP contribution >= 0.6 is 0 Å². The minimum atomic E-state index is -3.93. The predicted molar refractivity (Wildman–Crippen MR) is 112 cm³/mol. The summed E-state index contributed by atoms with van der Waals surface area (Å²) in [6, 6.07) is 4.71. The fraction of sp³-hybridized carbons (Fsp3) is 0.524. The fourth-order valence-corrected chi connectivity index (χ4v) is 4.72. The molecule has 0 saturated heterocycles. The van der Waals surface area contributed by atoms with Gasteiger partial charge in [-0.05, 0) is 44.4 Å². The molecule has 1 aromatic rings. The Bertz CT molecular complexity index is 891. The largest absolute Gasteiger partial charge is 0.478 e. The topological polar surface area (TPSA) is 122 Å². The molecule has 0 bridgehead atoms. The van der Waals surface area contributed by atoms with Crippen LogP contribution in [-0.4, -0.2) is 49.7 Å². The van der Waals surface area contributed by atoms with Gasteiger partial charge in [-0.15, -0.1) is 0 Å². The van der Waals surface area contributed by atoms with Gasteiger partial charge in [-0.2, -0.15) is 0 Å². The Labute approximate surface area is 177 Å². The van der Waals surface area contributed by atoms with Crippen molar-refractivity contribution in [1.29, 1.82) is 0 Å². The van der Waals surface area contributed by atoms with E-state index in [1.807, 2.05) is 20.8 Å². The normalized spacial score (nSPS) is 21.9. The number of ether oxygens (including phenoxy) is 1. The van der Waals surface area contributed by atoms with Crippen LogP contribution in [0.3, 0.4) is 0 Å². The molecule has 0 saturated carbocycles. The molecule has 1 aliphatic carbocycles. The molecular weight excluding hydrogens is 408 g/mol. The molecule has 0 heterocycles. The Balaban J connectivity index is 2.40. The number of carbonyl (C=O) groups is 2. The number of carboxylic acid groups (broad SMARTS) is 1. The number of rotatable bonds is 9. The van der Waals surface area contributed by atoms with E-state index in [1.54, 1.807) is 12.1 Å². The molecule has 0 fully saturated rings. The maximum atomic E-state index is 12.9. The van der Waals surface area contributed by atoms with Gasteiger partial charge in [0.2, 0.25) is 15.9 Å². The molecule has 30 heavy (non-hydrogen) atoms. The first kappa shape index (κ1) is 24.0. The van der Waals surface area contributed by atoms with Crippen molar-refractivity contribution in [2.24, 2.45) is 0 Å². The van der Waals surface area contributed by atoms with Gasteiger partial charge in [-0.25, -0.2) is 17.9 Å². The number of hydrogen-bond donors (Lipinski definition) is 3. The summed E-state index contributed by atoms with van der Waals surface area (Å²) in [4.78, 5) is 23.6. The lowest BCUT2D eigenvalue weighted by Gasteiger charge is -2.38. The molecule has 166 valence electrons. The highest BCUT2D eigenvalue weighted by Crippen LogP contribution is 2.26. The van der Waals surface area contributed by atoms with Gasteiger partial charge in [0.25, 0.3) is 0 Å². The number of aliphatic carboxylic acids is 1. The van der Waals surface area contributed by atoms with Gasteiger partial charge < -0.3 is 15.2 Å². The molecule has 3 atom stereocenters. The number of carboxylic acids is 1. The second-order valence-corrected chi connectivity index (χ2v) is 9.22. The summed E-state index contributed by atoms with van der Waals surface area (Å²) >= 11 is 0. The Morgan fingerprint density at radius 2 is 1.80 bits per heavy atom. The van der Waals surface area contributed by atoms with E-state index in [4.69, 9.17) is 4.74 Å². The first-order valence-electron chi connectivity index (χ1n) is 10.0. The van der Waals surface area contributed by atoms with Crippen molar-refractivity contribution in [2.75, 3.05) is 0 Å². The number of hydrogen-bond acceptors (Lipinski definition) is 5. The second kappa shape index (κ2) is 10.2. The SMILES string of the molecule is CCC(CC)O[C@@H]1C=C(C(=O)O)C[C@H](NS(=O)(=O)c2ccc(C)cc2)[C@H]1NC(C)=O. The Morgan fingerprint density at radius 1 is 1.20 bits per heavy atom. The molecule has 0 aliphatic heterocycles. The number of benzene rings is 1. The van der Waals surface area contributed by atoms with Crippen molar-refractivity contribution in [3.63, 3.8) is 0 Å². The highest BCUT2D eigenvalue weighted by Gasteiger charge is 2.39. The molecule has 0 radical (unpaired) electrons. The number of amides is 1.